The van der Waals surface area contributed by atoms with Crippen LogP contribution in [0, 0.1) is 5.92 Å². The fourth-order valence-corrected chi connectivity index (χ4v) is 2.15. The Morgan fingerprint density at radius 3 is 3.00 bits per heavy atom. The monoisotopic (exact) mass is 243 g/mol. The maximum absolute atomic E-state index is 11.1. The van der Waals surface area contributed by atoms with E-state index in [0.717, 1.165) is 43.9 Å². The fourth-order valence-electron chi connectivity index (χ4n) is 1.88. The predicted octanol–water partition coefficient (Wildman–Crippen LogP) is 0.858. The van der Waals surface area contributed by atoms with Gasteiger partial charge < -0.3 is 16.0 Å². The van der Waals surface area contributed by atoms with Crippen LogP contribution < -0.4 is 11.1 Å². The molecule has 0 radical (unpaired) electrons. The van der Waals surface area contributed by atoms with Gasteiger partial charge in [0.2, 0.25) is 5.91 Å². The molecule has 1 aliphatic heterocycles. The minimum Gasteiger partial charge on any atom is -0.369 e. The summed E-state index contributed by atoms with van der Waals surface area (Å²) in [6.45, 7) is 4.66. The zero-order chi connectivity index (χ0) is 12.0. The lowest BCUT2D eigenvalue weighted by atomic mass is 9.98. The quantitative estimate of drug-likeness (QED) is 0.568. The lowest BCUT2D eigenvalue weighted by Crippen LogP contribution is -2.48. The molecule has 0 spiro atoms. The maximum Gasteiger partial charge on any atom is 0.222 e. The van der Waals surface area contributed by atoms with E-state index in [2.05, 4.69) is 17.1 Å². The van der Waals surface area contributed by atoms with Gasteiger partial charge in [0.25, 0.3) is 0 Å². The zero-order valence-corrected chi connectivity index (χ0v) is 10.7. The van der Waals surface area contributed by atoms with Crippen molar-refractivity contribution in [3.05, 3.63) is 0 Å². The molecule has 1 aliphatic rings. The van der Waals surface area contributed by atoms with E-state index in [1.54, 1.807) is 0 Å². The van der Waals surface area contributed by atoms with Gasteiger partial charge in [-0.05, 0) is 31.5 Å². The SMILES string of the molecule is CCCCNC(=S)N1CCCC(C(N)=O)C1. The molecule has 0 saturated carbocycles. The smallest absolute Gasteiger partial charge is 0.222 e. The van der Waals surface area contributed by atoms with Gasteiger partial charge in [-0.3, -0.25) is 4.79 Å². The summed E-state index contributed by atoms with van der Waals surface area (Å²) in [6.07, 6.45) is 4.15. The molecule has 92 valence electrons. The minimum atomic E-state index is -0.207. The van der Waals surface area contributed by atoms with Crippen molar-refractivity contribution >= 4 is 23.2 Å². The third kappa shape index (κ3) is 3.96. The van der Waals surface area contributed by atoms with Gasteiger partial charge in [0.05, 0.1) is 5.92 Å². The number of carbonyl (C=O) groups excluding carboxylic acids is 1. The third-order valence-corrected chi connectivity index (χ3v) is 3.32. The fraction of sp³-hybridized carbons (Fsp3) is 0.818. The van der Waals surface area contributed by atoms with Crippen molar-refractivity contribution in [1.82, 2.24) is 10.2 Å². The van der Waals surface area contributed by atoms with Gasteiger partial charge in [-0.15, -0.1) is 0 Å². The normalized spacial score (nSPS) is 20.6. The van der Waals surface area contributed by atoms with Crippen molar-refractivity contribution in [3.8, 4) is 0 Å². The lowest BCUT2D eigenvalue weighted by molar-refractivity contribution is -0.122. The van der Waals surface area contributed by atoms with E-state index in [0.29, 0.717) is 6.54 Å². The topological polar surface area (TPSA) is 58.4 Å². The Kier molecular flexibility index (Phi) is 5.52. The molecule has 1 atom stereocenters. The molecule has 1 unspecified atom stereocenters. The molecule has 3 N–H and O–H groups in total. The van der Waals surface area contributed by atoms with Gasteiger partial charge in [0.15, 0.2) is 5.11 Å². The van der Waals surface area contributed by atoms with Gasteiger partial charge in [0, 0.05) is 19.6 Å². The Bertz CT molecular complexity index is 258. The second kappa shape index (κ2) is 6.68. The largest absolute Gasteiger partial charge is 0.369 e. The van der Waals surface area contributed by atoms with E-state index in [4.69, 9.17) is 18.0 Å². The van der Waals surface area contributed by atoms with Crippen LogP contribution in [0.15, 0.2) is 0 Å². The lowest BCUT2D eigenvalue weighted by Gasteiger charge is -2.33. The van der Waals surface area contributed by atoms with Gasteiger partial charge in [0.1, 0.15) is 0 Å². The molecule has 0 bridgehead atoms. The average molecular weight is 243 g/mol. The highest BCUT2D eigenvalue weighted by atomic mass is 32.1. The Morgan fingerprint density at radius 2 is 2.38 bits per heavy atom. The van der Waals surface area contributed by atoms with Crippen molar-refractivity contribution in [1.29, 1.82) is 0 Å². The number of amides is 1. The molecule has 1 rings (SSSR count). The molecular weight excluding hydrogens is 222 g/mol. The van der Waals surface area contributed by atoms with E-state index in [1.165, 1.54) is 0 Å². The van der Waals surface area contributed by atoms with Crippen molar-refractivity contribution < 1.29 is 4.79 Å². The number of nitrogens with zero attached hydrogens (tertiary/aromatic N) is 1. The highest BCUT2D eigenvalue weighted by molar-refractivity contribution is 7.80. The van der Waals surface area contributed by atoms with E-state index in [1.807, 2.05) is 0 Å². The van der Waals surface area contributed by atoms with Crippen molar-refractivity contribution in [3.63, 3.8) is 0 Å². The van der Waals surface area contributed by atoms with E-state index in [9.17, 15) is 4.79 Å². The summed E-state index contributed by atoms with van der Waals surface area (Å²) in [7, 11) is 0. The summed E-state index contributed by atoms with van der Waals surface area (Å²) in [5.41, 5.74) is 5.32. The Hall–Kier alpha value is -0.840. The summed E-state index contributed by atoms with van der Waals surface area (Å²) in [5, 5.41) is 3.98. The van der Waals surface area contributed by atoms with Crippen LogP contribution in [0.25, 0.3) is 0 Å². The van der Waals surface area contributed by atoms with Gasteiger partial charge in [-0.25, -0.2) is 0 Å². The van der Waals surface area contributed by atoms with Crippen LogP contribution in [0.1, 0.15) is 32.6 Å². The highest BCUT2D eigenvalue weighted by Crippen LogP contribution is 2.15. The summed E-state index contributed by atoms with van der Waals surface area (Å²) in [4.78, 5) is 13.2. The molecule has 0 aromatic carbocycles. The number of unbranched alkanes of at least 4 members (excludes halogenated alkanes) is 1. The molecule has 5 heteroatoms. The Morgan fingerprint density at radius 1 is 1.62 bits per heavy atom. The standard InChI is InChI=1S/C11H21N3OS/c1-2-3-6-13-11(16)14-7-4-5-9(8-14)10(12)15/h9H,2-8H2,1H3,(H2,12,15)(H,13,16). The number of hydrogen-bond acceptors (Lipinski definition) is 2. The number of rotatable bonds is 4. The van der Waals surface area contributed by atoms with Gasteiger partial charge in [-0.2, -0.15) is 0 Å². The summed E-state index contributed by atoms with van der Waals surface area (Å²) in [6, 6.07) is 0. The van der Waals surface area contributed by atoms with Crippen molar-refractivity contribution in [2.75, 3.05) is 19.6 Å². The zero-order valence-electron chi connectivity index (χ0n) is 9.87. The molecule has 0 aromatic rings. The van der Waals surface area contributed by atoms with Crippen LogP contribution in [0.3, 0.4) is 0 Å². The van der Waals surface area contributed by atoms with Crippen molar-refractivity contribution in [2.24, 2.45) is 11.7 Å². The molecule has 0 aromatic heterocycles. The van der Waals surface area contributed by atoms with E-state index < -0.39 is 0 Å². The van der Waals surface area contributed by atoms with Crippen LogP contribution in [0.2, 0.25) is 0 Å². The first-order valence-electron chi connectivity index (χ1n) is 5.97. The van der Waals surface area contributed by atoms with Crippen LogP contribution in [-0.2, 0) is 4.79 Å². The minimum absolute atomic E-state index is 0.0420. The van der Waals surface area contributed by atoms with Gasteiger partial charge >= 0.3 is 0 Å². The van der Waals surface area contributed by atoms with Crippen LogP contribution in [0.4, 0.5) is 0 Å². The first-order valence-corrected chi connectivity index (χ1v) is 6.38. The molecule has 1 heterocycles. The summed E-state index contributed by atoms with van der Waals surface area (Å²) in [5.74, 6) is -0.249. The number of carbonyl (C=O) groups is 1. The molecule has 1 fully saturated rings. The number of hydrogen-bond donors (Lipinski definition) is 2. The number of nitrogens with two attached hydrogens (primary N) is 1. The van der Waals surface area contributed by atoms with Crippen LogP contribution in [0.5, 0.6) is 0 Å². The second-order valence-electron chi connectivity index (χ2n) is 4.27. The Labute approximate surface area is 103 Å². The maximum atomic E-state index is 11.1. The third-order valence-electron chi connectivity index (χ3n) is 2.92. The molecule has 1 saturated heterocycles. The van der Waals surface area contributed by atoms with Crippen LogP contribution in [-0.4, -0.2) is 35.6 Å². The van der Waals surface area contributed by atoms with Crippen LogP contribution >= 0.6 is 12.2 Å². The van der Waals surface area contributed by atoms with Crippen molar-refractivity contribution in [2.45, 2.75) is 32.6 Å². The van der Waals surface area contributed by atoms with E-state index >= 15 is 0 Å². The first-order chi connectivity index (χ1) is 7.65. The summed E-state index contributed by atoms with van der Waals surface area (Å²) >= 11 is 5.29. The predicted molar refractivity (Wildman–Crippen MR) is 69.0 cm³/mol. The molecule has 4 nitrogen and oxygen atoms in total. The molecule has 1 amide bonds. The number of piperidine rings is 1. The van der Waals surface area contributed by atoms with E-state index in [-0.39, 0.29) is 11.8 Å². The highest BCUT2D eigenvalue weighted by Gasteiger charge is 2.24. The number of nitrogens with one attached hydrogen (secondary N) is 1. The second-order valence-corrected chi connectivity index (χ2v) is 4.66. The first kappa shape index (κ1) is 13.2. The Balaban J connectivity index is 2.35. The number of thiocarbonyl (C=S) groups is 1. The summed E-state index contributed by atoms with van der Waals surface area (Å²) < 4.78 is 0. The molecule has 16 heavy (non-hydrogen) atoms. The number of primary amides is 1. The molecular formula is C11H21N3OS. The number of likely N-dealkylation sites (tertiary alicyclic amines) is 1. The molecule has 0 aliphatic carbocycles. The van der Waals surface area contributed by atoms with Gasteiger partial charge in [-0.1, -0.05) is 13.3 Å². The average Bonchev–Trinajstić information content (AvgIpc) is 2.29.